The Kier molecular flexibility index (Phi) is 3.46. The highest BCUT2D eigenvalue weighted by Crippen LogP contribution is 2.27. The van der Waals surface area contributed by atoms with Gasteiger partial charge in [-0.25, -0.2) is 0 Å². The largest absolute Gasteiger partial charge is 0.339 e. The zero-order valence-corrected chi connectivity index (χ0v) is 10.3. The summed E-state index contributed by atoms with van der Waals surface area (Å²) in [5.41, 5.74) is 0.335. The van der Waals surface area contributed by atoms with Crippen molar-refractivity contribution in [1.82, 2.24) is 4.90 Å². The van der Waals surface area contributed by atoms with E-state index in [1.54, 1.807) is 0 Å². The molecule has 92 valence electrons. The Labute approximate surface area is 102 Å². The van der Waals surface area contributed by atoms with Crippen LogP contribution >= 0.6 is 0 Å². The monoisotopic (exact) mass is 233 g/mol. The quantitative estimate of drug-likeness (QED) is 0.685. The van der Waals surface area contributed by atoms with Crippen molar-refractivity contribution in [1.29, 1.82) is 0 Å². The molecule has 1 atom stereocenters. The van der Waals surface area contributed by atoms with Crippen molar-refractivity contribution in [2.45, 2.75) is 32.6 Å². The van der Waals surface area contributed by atoms with Gasteiger partial charge in [-0.15, -0.1) is 0 Å². The van der Waals surface area contributed by atoms with E-state index in [9.17, 15) is 9.59 Å². The maximum atomic E-state index is 12.2. The topological polar surface area (TPSA) is 37.4 Å². The van der Waals surface area contributed by atoms with Crippen LogP contribution in [0.2, 0.25) is 0 Å². The molecular formula is C14H19NO2. The number of allylic oxidation sites excluding steroid dienone is 2. The first-order valence-electron chi connectivity index (χ1n) is 6.30. The van der Waals surface area contributed by atoms with Crippen LogP contribution in [0.15, 0.2) is 23.8 Å². The zero-order chi connectivity index (χ0) is 12.3. The average Bonchev–Trinajstić information content (AvgIpc) is 2.79. The predicted octanol–water partition coefficient (Wildman–Crippen LogP) is 2.09. The highest BCUT2D eigenvalue weighted by molar-refractivity contribution is 5.96. The number of likely N-dealkylation sites (tertiary alicyclic amines) is 1. The molecule has 1 heterocycles. The molecule has 1 aliphatic carbocycles. The number of carbonyl (C=O) groups is 2. The van der Waals surface area contributed by atoms with E-state index in [2.05, 4.69) is 0 Å². The molecule has 1 amide bonds. The second-order valence-corrected chi connectivity index (χ2v) is 5.15. The molecule has 0 bridgehead atoms. The lowest BCUT2D eigenvalue weighted by molar-refractivity contribution is -0.125. The first-order chi connectivity index (χ1) is 8.14. The minimum Gasteiger partial charge on any atom is -0.339 e. The maximum absolute atomic E-state index is 12.2. The summed E-state index contributed by atoms with van der Waals surface area (Å²) in [5, 5.41) is 0. The van der Waals surface area contributed by atoms with Gasteiger partial charge in [0.15, 0.2) is 0 Å². The van der Waals surface area contributed by atoms with Gasteiger partial charge in [-0.1, -0.05) is 18.2 Å². The molecule has 3 nitrogen and oxygen atoms in total. The predicted molar refractivity (Wildman–Crippen MR) is 66.4 cm³/mol. The summed E-state index contributed by atoms with van der Waals surface area (Å²) in [6.45, 7) is 3.65. The number of nitrogens with zero attached hydrogens (tertiary/aromatic N) is 1. The van der Waals surface area contributed by atoms with Crippen LogP contribution in [-0.2, 0) is 9.59 Å². The molecular weight excluding hydrogens is 214 g/mol. The molecule has 0 aromatic heterocycles. The van der Waals surface area contributed by atoms with Crippen LogP contribution in [0.25, 0.3) is 0 Å². The van der Waals surface area contributed by atoms with Crippen molar-refractivity contribution in [2.24, 2.45) is 5.41 Å². The van der Waals surface area contributed by atoms with E-state index in [4.69, 9.17) is 0 Å². The Morgan fingerprint density at radius 2 is 2.12 bits per heavy atom. The van der Waals surface area contributed by atoms with E-state index in [0.717, 1.165) is 50.6 Å². The molecule has 0 aromatic rings. The van der Waals surface area contributed by atoms with Gasteiger partial charge in [-0.2, -0.15) is 0 Å². The van der Waals surface area contributed by atoms with Crippen molar-refractivity contribution < 1.29 is 9.59 Å². The van der Waals surface area contributed by atoms with Crippen molar-refractivity contribution in [2.75, 3.05) is 13.1 Å². The third-order valence-electron chi connectivity index (χ3n) is 3.60. The lowest BCUT2D eigenvalue weighted by atomic mass is 9.88. The van der Waals surface area contributed by atoms with Gasteiger partial charge >= 0.3 is 0 Å². The summed E-state index contributed by atoms with van der Waals surface area (Å²) in [6.07, 6.45) is 10.4. The first kappa shape index (κ1) is 12.1. The van der Waals surface area contributed by atoms with Crippen LogP contribution in [0.5, 0.6) is 0 Å². The molecule has 1 fully saturated rings. The molecule has 1 unspecified atom stereocenters. The van der Waals surface area contributed by atoms with E-state index < -0.39 is 5.41 Å². The third-order valence-corrected chi connectivity index (χ3v) is 3.60. The number of hydrogen-bond acceptors (Lipinski definition) is 2. The molecule has 1 aliphatic heterocycles. The Morgan fingerprint density at radius 1 is 1.41 bits per heavy atom. The van der Waals surface area contributed by atoms with Gasteiger partial charge in [-0.05, 0) is 32.6 Å². The molecule has 0 spiro atoms. The fourth-order valence-electron chi connectivity index (χ4n) is 2.33. The molecule has 2 rings (SSSR count). The van der Waals surface area contributed by atoms with Crippen LogP contribution in [-0.4, -0.2) is 30.2 Å². The number of amides is 1. The minimum absolute atomic E-state index is 0.119. The molecule has 0 saturated carbocycles. The zero-order valence-electron chi connectivity index (χ0n) is 10.3. The summed E-state index contributed by atoms with van der Waals surface area (Å²) < 4.78 is 0. The van der Waals surface area contributed by atoms with Gasteiger partial charge in [0.1, 0.15) is 6.29 Å². The highest BCUT2D eigenvalue weighted by Gasteiger charge is 2.25. The standard InChI is InChI=1S/C14H19NO2/c1-14(11-16)7-4-5-12(6-8-14)13(17)15-9-2-3-10-15/h5-6,8,11H,2-4,7,9-10H2,1H3. The molecule has 3 heteroatoms. The smallest absolute Gasteiger partial charge is 0.253 e. The van der Waals surface area contributed by atoms with E-state index in [0.29, 0.717) is 0 Å². The fourth-order valence-corrected chi connectivity index (χ4v) is 2.33. The molecule has 17 heavy (non-hydrogen) atoms. The van der Waals surface area contributed by atoms with Crippen LogP contribution < -0.4 is 0 Å². The van der Waals surface area contributed by atoms with E-state index in [-0.39, 0.29) is 5.91 Å². The van der Waals surface area contributed by atoms with E-state index in [1.807, 2.05) is 30.1 Å². The minimum atomic E-state index is -0.413. The number of hydrogen-bond donors (Lipinski definition) is 0. The molecule has 0 radical (unpaired) electrons. The summed E-state index contributed by atoms with van der Waals surface area (Å²) >= 11 is 0. The van der Waals surface area contributed by atoms with Crippen molar-refractivity contribution in [3.05, 3.63) is 23.8 Å². The SMILES string of the molecule is CC1(C=O)C=CC(C(=O)N2CCCC2)=CCC1. The van der Waals surface area contributed by atoms with Gasteiger partial charge in [0, 0.05) is 24.1 Å². The van der Waals surface area contributed by atoms with Crippen molar-refractivity contribution in [3.63, 3.8) is 0 Å². The molecule has 0 N–H and O–H groups in total. The highest BCUT2D eigenvalue weighted by atomic mass is 16.2. The van der Waals surface area contributed by atoms with Gasteiger partial charge < -0.3 is 9.69 Å². The van der Waals surface area contributed by atoms with Crippen molar-refractivity contribution in [3.8, 4) is 0 Å². The second kappa shape index (κ2) is 4.86. The van der Waals surface area contributed by atoms with Gasteiger partial charge in [-0.3, -0.25) is 4.79 Å². The number of carbonyl (C=O) groups excluding carboxylic acids is 2. The van der Waals surface area contributed by atoms with E-state index in [1.165, 1.54) is 0 Å². The van der Waals surface area contributed by atoms with Crippen LogP contribution in [0.3, 0.4) is 0 Å². The van der Waals surface area contributed by atoms with Crippen LogP contribution in [0.1, 0.15) is 32.6 Å². The van der Waals surface area contributed by atoms with E-state index >= 15 is 0 Å². The fraction of sp³-hybridized carbons (Fsp3) is 0.571. The second-order valence-electron chi connectivity index (χ2n) is 5.15. The van der Waals surface area contributed by atoms with Crippen LogP contribution in [0, 0.1) is 5.41 Å². The molecule has 0 aromatic carbocycles. The number of rotatable bonds is 2. The van der Waals surface area contributed by atoms with Gasteiger partial charge in [0.25, 0.3) is 5.91 Å². The Balaban J connectivity index is 2.10. The first-order valence-corrected chi connectivity index (χ1v) is 6.30. The third kappa shape index (κ3) is 2.65. The maximum Gasteiger partial charge on any atom is 0.253 e. The van der Waals surface area contributed by atoms with Gasteiger partial charge in [0.2, 0.25) is 0 Å². The Hall–Kier alpha value is -1.38. The lowest BCUT2D eigenvalue weighted by Gasteiger charge is -2.16. The number of aldehydes is 1. The Bertz CT molecular complexity index is 378. The molecule has 1 saturated heterocycles. The Morgan fingerprint density at radius 3 is 2.76 bits per heavy atom. The van der Waals surface area contributed by atoms with Crippen LogP contribution in [0.4, 0.5) is 0 Å². The van der Waals surface area contributed by atoms with Crippen molar-refractivity contribution >= 4 is 12.2 Å². The molecule has 2 aliphatic rings. The average molecular weight is 233 g/mol. The summed E-state index contributed by atoms with van der Waals surface area (Å²) in [7, 11) is 0. The van der Waals surface area contributed by atoms with Gasteiger partial charge in [0.05, 0.1) is 0 Å². The normalized spacial score (nSPS) is 28.8. The summed E-state index contributed by atoms with van der Waals surface area (Å²) in [4.78, 5) is 25.1. The lowest BCUT2D eigenvalue weighted by Crippen LogP contribution is -2.28. The summed E-state index contributed by atoms with van der Waals surface area (Å²) in [6, 6.07) is 0. The summed E-state index contributed by atoms with van der Waals surface area (Å²) in [5.74, 6) is 0.119.